The van der Waals surface area contributed by atoms with Crippen molar-refractivity contribution < 1.29 is 4.74 Å². The number of thiophene rings is 1. The SMILES string of the molecule is CC(C)(C)c1ccccc1OCc1cc(Br)cs1. The summed E-state index contributed by atoms with van der Waals surface area (Å²) in [6.07, 6.45) is 0. The zero-order valence-electron chi connectivity index (χ0n) is 10.9. The molecular formula is C15H17BrOS. The molecule has 0 aliphatic rings. The quantitative estimate of drug-likeness (QED) is 0.735. The molecule has 1 aromatic carbocycles. The summed E-state index contributed by atoms with van der Waals surface area (Å²) in [5.41, 5.74) is 1.35. The van der Waals surface area contributed by atoms with Crippen LogP contribution in [-0.2, 0) is 12.0 Å². The van der Waals surface area contributed by atoms with Gasteiger partial charge in [0.15, 0.2) is 0 Å². The van der Waals surface area contributed by atoms with Gasteiger partial charge in [0.1, 0.15) is 12.4 Å². The van der Waals surface area contributed by atoms with Crippen LogP contribution in [0.2, 0.25) is 0 Å². The van der Waals surface area contributed by atoms with Gasteiger partial charge in [-0.3, -0.25) is 0 Å². The summed E-state index contributed by atoms with van der Waals surface area (Å²) < 4.78 is 7.07. The zero-order valence-corrected chi connectivity index (χ0v) is 13.3. The molecule has 0 aliphatic heterocycles. The molecular weight excluding hydrogens is 308 g/mol. The Kier molecular flexibility index (Phi) is 4.13. The number of rotatable bonds is 3. The molecule has 0 bridgehead atoms. The molecule has 0 atom stereocenters. The first kappa shape index (κ1) is 13.6. The minimum absolute atomic E-state index is 0.104. The molecule has 0 fully saturated rings. The number of benzene rings is 1. The van der Waals surface area contributed by atoms with Gasteiger partial charge in [0, 0.05) is 14.7 Å². The number of ether oxygens (including phenoxy) is 1. The van der Waals surface area contributed by atoms with Crippen LogP contribution in [0.25, 0.3) is 0 Å². The van der Waals surface area contributed by atoms with E-state index in [0.717, 1.165) is 10.2 Å². The Hall–Kier alpha value is -0.800. The van der Waals surface area contributed by atoms with E-state index in [1.807, 2.05) is 12.1 Å². The van der Waals surface area contributed by atoms with Gasteiger partial charge < -0.3 is 4.74 Å². The smallest absolute Gasteiger partial charge is 0.123 e. The van der Waals surface area contributed by atoms with E-state index < -0.39 is 0 Å². The summed E-state index contributed by atoms with van der Waals surface area (Å²) in [7, 11) is 0. The molecule has 0 saturated carbocycles. The first-order valence-corrected chi connectivity index (χ1v) is 7.59. The van der Waals surface area contributed by atoms with Crippen molar-refractivity contribution in [2.45, 2.75) is 32.8 Å². The summed E-state index contributed by atoms with van der Waals surface area (Å²) in [5, 5.41) is 2.08. The Morgan fingerprint density at radius 3 is 2.56 bits per heavy atom. The van der Waals surface area contributed by atoms with Crippen LogP contribution >= 0.6 is 27.3 Å². The fourth-order valence-corrected chi connectivity index (χ4v) is 3.15. The zero-order chi connectivity index (χ0) is 13.2. The van der Waals surface area contributed by atoms with Gasteiger partial charge in [-0.2, -0.15) is 0 Å². The van der Waals surface area contributed by atoms with Crippen molar-refractivity contribution >= 4 is 27.3 Å². The lowest BCUT2D eigenvalue weighted by atomic mass is 9.86. The van der Waals surface area contributed by atoms with Crippen LogP contribution in [-0.4, -0.2) is 0 Å². The summed E-state index contributed by atoms with van der Waals surface area (Å²) in [4.78, 5) is 1.23. The Morgan fingerprint density at radius 2 is 1.94 bits per heavy atom. The van der Waals surface area contributed by atoms with Crippen LogP contribution in [0.4, 0.5) is 0 Å². The first-order valence-electron chi connectivity index (χ1n) is 5.92. The topological polar surface area (TPSA) is 9.23 Å². The number of halogens is 1. The van der Waals surface area contributed by atoms with E-state index >= 15 is 0 Å². The number of hydrogen-bond donors (Lipinski definition) is 0. The molecule has 2 aromatic rings. The molecule has 18 heavy (non-hydrogen) atoms. The Bertz CT molecular complexity index is 525. The Balaban J connectivity index is 2.14. The van der Waals surface area contributed by atoms with Gasteiger partial charge in [-0.15, -0.1) is 11.3 Å². The van der Waals surface area contributed by atoms with E-state index in [1.165, 1.54) is 10.4 Å². The molecule has 0 aliphatic carbocycles. The number of para-hydroxylation sites is 1. The molecule has 0 spiro atoms. The second-order valence-corrected chi connectivity index (χ2v) is 7.18. The van der Waals surface area contributed by atoms with Gasteiger partial charge >= 0.3 is 0 Å². The summed E-state index contributed by atoms with van der Waals surface area (Å²) in [6, 6.07) is 10.4. The monoisotopic (exact) mass is 324 g/mol. The van der Waals surface area contributed by atoms with E-state index in [1.54, 1.807) is 11.3 Å². The lowest BCUT2D eigenvalue weighted by molar-refractivity contribution is 0.301. The van der Waals surface area contributed by atoms with Crippen molar-refractivity contribution in [3.05, 3.63) is 50.6 Å². The molecule has 2 rings (SSSR count). The Labute approximate surface area is 121 Å². The molecule has 1 aromatic heterocycles. The minimum atomic E-state index is 0.104. The third kappa shape index (κ3) is 3.36. The maximum absolute atomic E-state index is 5.95. The van der Waals surface area contributed by atoms with Gasteiger partial charge in [-0.05, 0) is 39.0 Å². The second kappa shape index (κ2) is 5.45. The number of hydrogen-bond acceptors (Lipinski definition) is 2. The summed E-state index contributed by atoms with van der Waals surface area (Å²) in [6.45, 7) is 7.24. The fraction of sp³-hybridized carbons (Fsp3) is 0.333. The Morgan fingerprint density at radius 1 is 1.22 bits per heavy atom. The average Bonchev–Trinajstić information content (AvgIpc) is 2.72. The van der Waals surface area contributed by atoms with Gasteiger partial charge in [-0.1, -0.05) is 39.0 Å². The van der Waals surface area contributed by atoms with Crippen LogP contribution in [0.5, 0.6) is 5.75 Å². The largest absolute Gasteiger partial charge is 0.488 e. The lowest BCUT2D eigenvalue weighted by Crippen LogP contribution is -2.13. The third-order valence-corrected chi connectivity index (χ3v) is 4.36. The van der Waals surface area contributed by atoms with Gasteiger partial charge in [0.25, 0.3) is 0 Å². The minimum Gasteiger partial charge on any atom is -0.488 e. The van der Waals surface area contributed by atoms with Crippen molar-refractivity contribution in [2.75, 3.05) is 0 Å². The predicted octanol–water partition coefficient (Wildman–Crippen LogP) is 5.39. The molecule has 96 valence electrons. The van der Waals surface area contributed by atoms with Gasteiger partial charge in [0.05, 0.1) is 0 Å². The van der Waals surface area contributed by atoms with Crippen LogP contribution in [0.1, 0.15) is 31.2 Å². The van der Waals surface area contributed by atoms with E-state index in [9.17, 15) is 0 Å². The molecule has 0 unspecified atom stereocenters. The first-order chi connectivity index (χ1) is 8.47. The molecule has 0 saturated heterocycles. The molecule has 0 radical (unpaired) electrons. The summed E-state index contributed by atoms with van der Waals surface area (Å²) >= 11 is 5.17. The predicted molar refractivity (Wildman–Crippen MR) is 81.5 cm³/mol. The second-order valence-electron chi connectivity index (χ2n) is 5.27. The maximum atomic E-state index is 5.95. The molecule has 0 N–H and O–H groups in total. The van der Waals surface area contributed by atoms with Crippen molar-refractivity contribution in [2.24, 2.45) is 0 Å². The highest BCUT2D eigenvalue weighted by Crippen LogP contribution is 2.32. The van der Waals surface area contributed by atoms with E-state index in [0.29, 0.717) is 6.61 Å². The lowest BCUT2D eigenvalue weighted by Gasteiger charge is -2.22. The standard InChI is InChI=1S/C15H17BrOS/c1-15(2,3)13-6-4-5-7-14(13)17-9-12-8-11(16)10-18-12/h4-8,10H,9H2,1-3H3. The summed E-state index contributed by atoms with van der Waals surface area (Å²) in [5.74, 6) is 0.981. The maximum Gasteiger partial charge on any atom is 0.123 e. The highest BCUT2D eigenvalue weighted by atomic mass is 79.9. The van der Waals surface area contributed by atoms with Crippen LogP contribution < -0.4 is 4.74 Å². The van der Waals surface area contributed by atoms with Crippen LogP contribution in [0.15, 0.2) is 40.2 Å². The van der Waals surface area contributed by atoms with Gasteiger partial charge in [-0.25, -0.2) is 0 Å². The molecule has 3 heteroatoms. The molecule has 0 amide bonds. The van der Waals surface area contributed by atoms with E-state index in [2.05, 4.69) is 60.3 Å². The average molecular weight is 325 g/mol. The van der Waals surface area contributed by atoms with Gasteiger partial charge in [0.2, 0.25) is 0 Å². The van der Waals surface area contributed by atoms with Crippen molar-refractivity contribution in [3.8, 4) is 5.75 Å². The van der Waals surface area contributed by atoms with Crippen molar-refractivity contribution in [1.82, 2.24) is 0 Å². The highest BCUT2D eigenvalue weighted by Gasteiger charge is 2.18. The third-order valence-electron chi connectivity index (χ3n) is 2.69. The van der Waals surface area contributed by atoms with E-state index in [-0.39, 0.29) is 5.41 Å². The highest BCUT2D eigenvalue weighted by molar-refractivity contribution is 9.10. The van der Waals surface area contributed by atoms with Crippen LogP contribution in [0, 0.1) is 0 Å². The normalized spacial score (nSPS) is 11.6. The van der Waals surface area contributed by atoms with Crippen molar-refractivity contribution in [3.63, 3.8) is 0 Å². The van der Waals surface area contributed by atoms with E-state index in [4.69, 9.17) is 4.74 Å². The molecule has 1 heterocycles. The van der Waals surface area contributed by atoms with Crippen molar-refractivity contribution in [1.29, 1.82) is 0 Å². The van der Waals surface area contributed by atoms with Crippen LogP contribution in [0.3, 0.4) is 0 Å². The molecule has 1 nitrogen and oxygen atoms in total. The fourth-order valence-electron chi connectivity index (χ4n) is 1.79.